The van der Waals surface area contributed by atoms with Crippen molar-refractivity contribution in [2.24, 2.45) is 7.05 Å². The summed E-state index contributed by atoms with van der Waals surface area (Å²) in [5.41, 5.74) is 3.86. The number of hydrogen-bond donors (Lipinski definition) is 1. The number of anilines is 1. The molecule has 0 aliphatic carbocycles. The van der Waals surface area contributed by atoms with Gasteiger partial charge < -0.3 is 10.1 Å². The van der Waals surface area contributed by atoms with E-state index in [4.69, 9.17) is 16.3 Å². The zero-order valence-corrected chi connectivity index (χ0v) is 19.6. The molecule has 7 nitrogen and oxygen atoms in total. The molecule has 0 fully saturated rings. The Labute approximate surface area is 205 Å². The molecule has 1 aliphatic heterocycles. The number of imidazole rings is 1. The molecule has 0 spiro atoms. The maximum atomic E-state index is 13.5. The topological polar surface area (TPSA) is 77.6 Å². The molecule has 0 unspecified atom stereocenters. The van der Waals surface area contributed by atoms with Crippen molar-refractivity contribution >= 4 is 40.1 Å². The quantitative estimate of drug-likeness (QED) is 0.394. The molecule has 0 saturated carbocycles. The summed E-state index contributed by atoms with van der Waals surface area (Å²) in [4.78, 5) is 30.9. The molecule has 35 heavy (non-hydrogen) atoms. The van der Waals surface area contributed by atoms with E-state index in [9.17, 15) is 9.59 Å². The van der Waals surface area contributed by atoms with Crippen molar-refractivity contribution in [3.05, 3.63) is 105 Å². The van der Waals surface area contributed by atoms with Gasteiger partial charge in [0, 0.05) is 24.4 Å². The van der Waals surface area contributed by atoms with Gasteiger partial charge in [-0.05, 0) is 47.5 Å². The minimum Gasteiger partial charge on any atom is -0.489 e. The molecule has 6 rings (SSSR count). The van der Waals surface area contributed by atoms with Crippen LogP contribution in [-0.2, 0) is 18.4 Å². The lowest BCUT2D eigenvalue weighted by Crippen LogP contribution is -2.35. The van der Waals surface area contributed by atoms with E-state index in [1.54, 1.807) is 11.6 Å². The van der Waals surface area contributed by atoms with E-state index >= 15 is 0 Å². The van der Waals surface area contributed by atoms with Gasteiger partial charge in [0.05, 0.1) is 16.6 Å². The van der Waals surface area contributed by atoms with Crippen LogP contribution in [-0.4, -0.2) is 19.9 Å². The van der Waals surface area contributed by atoms with E-state index in [-0.39, 0.29) is 23.8 Å². The summed E-state index contributed by atoms with van der Waals surface area (Å²) in [5.74, 6) is 1.15. The molecule has 3 heterocycles. The monoisotopic (exact) mass is 484 g/mol. The van der Waals surface area contributed by atoms with E-state index in [0.717, 1.165) is 22.2 Å². The fourth-order valence-corrected chi connectivity index (χ4v) is 4.81. The first-order chi connectivity index (χ1) is 17.0. The van der Waals surface area contributed by atoms with Crippen LogP contribution in [0, 0.1) is 0 Å². The van der Waals surface area contributed by atoms with Gasteiger partial charge in [-0.25, -0.2) is 4.98 Å². The molecular weight excluding hydrogens is 464 g/mol. The highest BCUT2D eigenvalue weighted by Crippen LogP contribution is 2.37. The van der Waals surface area contributed by atoms with Crippen molar-refractivity contribution < 1.29 is 9.53 Å². The maximum absolute atomic E-state index is 13.5. The lowest BCUT2D eigenvalue weighted by Gasteiger charge is -2.27. The Morgan fingerprint density at radius 2 is 1.77 bits per heavy atom. The van der Waals surface area contributed by atoms with Crippen molar-refractivity contribution in [2.45, 2.75) is 18.9 Å². The number of hydrogen-bond acceptors (Lipinski definition) is 4. The Balaban J connectivity index is 1.39. The Kier molecular flexibility index (Phi) is 5.07. The summed E-state index contributed by atoms with van der Waals surface area (Å²) in [6.45, 7) is 0.414. The van der Waals surface area contributed by atoms with Crippen LogP contribution in [0.4, 0.5) is 5.82 Å². The smallest absolute Gasteiger partial charge is 0.260 e. The number of benzene rings is 3. The van der Waals surface area contributed by atoms with Crippen LogP contribution in [0.5, 0.6) is 5.75 Å². The fraction of sp³-hybridized carbons (Fsp3) is 0.148. The van der Waals surface area contributed by atoms with Crippen molar-refractivity contribution in [1.29, 1.82) is 0 Å². The van der Waals surface area contributed by atoms with Gasteiger partial charge in [-0.3, -0.25) is 18.6 Å². The minimum atomic E-state index is -0.381. The zero-order chi connectivity index (χ0) is 24.1. The molecule has 174 valence electrons. The highest BCUT2D eigenvalue weighted by Gasteiger charge is 2.33. The van der Waals surface area contributed by atoms with Gasteiger partial charge in [-0.2, -0.15) is 0 Å². The van der Waals surface area contributed by atoms with Crippen LogP contribution >= 0.6 is 11.6 Å². The lowest BCUT2D eigenvalue weighted by molar-refractivity contribution is -0.116. The molecule has 0 bridgehead atoms. The van der Waals surface area contributed by atoms with Gasteiger partial charge >= 0.3 is 0 Å². The van der Waals surface area contributed by atoms with E-state index < -0.39 is 0 Å². The number of carbonyl (C=O) groups is 1. The van der Waals surface area contributed by atoms with E-state index in [2.05, 4.69) is 10.3 Å². The number of carbonyl (C=O) groups excluding carboxylic acids is 1. The Morgan fingerprint density at radius 3 is 2.54 bits per heavy atom. The van der Waals surface area contributed by atoms with Crippen LogP contribution in [0.2, 0.25) is 5.02 Å². The number of ether oxygens (including phenoxy) is 1. The molecule has 1 aliphatic rings. The summed E-state index contributed by atoms with van der Waals surface area (Å²) in [5, 5.41) is 3.62. The molecule has 8 heteroatoms. The molecule has 1 amide bonds. The van der Waals surface area contributed by atoms with Gasteiger partial charge in [0.1, 0.15) is 18.2 Å². The van der Waals surface area contributed by atoms with Crippen molar-refractivity contribution in [2.75, 3.05) is 5.32 Å². The summed E-state index contributed by atoms with van der Waals surface area (Å²) >= 11 is 5.94. The number of fused-ring (bicyclic) bond motifs is 5. The molecule has 3 aromatic carbocycles. The molecule has 2 aromatic heterocycles. The number of aryl methyl sites for hydroxylation is 1. The first-order valence-corrected chi connectivity index (χ1v) is 11.6. The van der Waals surface area contributed by atoms with Crippen molar-refractivity contribution in [3.8, 4) is 5.75 Å². The number of rotatable bonds is 4. The summed E-state index contributed by atoms with van der Waals surface area (Å²) in [6, 6.07) is 22.7. The van der Waals surface area contributed by atoms with Gasteiger partial charge in [-0.15, -0.1) is 0 Å². The average Bonchev–Trinajstić information content (AvgIpc) is 3.27. The van der Waals surface area contributed by atoms with E-state index in [1.165, 1.54) is 0 Å². The third-order valence-corrected chi connectivity index (χ3v) is 6.71. The van der Waals surface area contributed by atoms with Crippen LogP contribution in [0.15, 0.2) is 77.6 Å². The average molecular weight is 485 g/mol. The van der Waals surface area contributed by atoms with Gasteiger partial charge in [0.15, 0.2) is 0 Å². The fourth-order valence-electron chi connectivity index (χ4n) is 4.69. The van der Waals surface area contributed by atoms with E-state index in [0.29, 0.717) is 34.5 Å². The Bertz CT molecular complexity index is 1650. The zero-order valence-electron chi connectivity index (χ0n) is 18.9. The first kappa shape index (κ1) is 21.4. The lowest BCUT2D eigenvalue weighted by atomic mass is 9.86. The van der Waals surface area contributed by atoms with Crippen LogP contribution < -0.4 is 15.6 Å². The molecule has 5 aromatic rings. The number of para-hydroxylation sites is 2. The largest absolute Gasteiger partial charge is 0.489 e. The normalized spacial score (nSPS) is 15.3. The third kappa shape index (κ3) is 3.65. The Hall–Kier alpha value is -4.10. The van der Waals surface area contributed by atoms with Crippen LogP contribution in [0.25, 0.3) is 16.8 Å². The highest BCUT2D eigenvalue weighted by molar-refractivity contribution is 6.30. The molecule has 0 saturated heterocycles. The molecule has 0 radical (unpaired) electrons. The maximum Gasteiger partial charge on any atom is 0.260 e. The van der Waals surface area contributed by atoms with Gasteiger partial charge in [0.2, 0.25) is 11.7 Å². The standard InChI is InChI=1S/C27H21ClN4O3/c1-31-26(34)24-20(17-8-12-19(13-9-17)35-15-16-6-10-18(28)11-7-16)14-23(33)30-25(24)32-22-5-3-2-4-21(22)29-27(31)32/h2-13,20H,14-15H2,1H3,(H,30,33)/t20-/m0/s1. The van der Waals surface area contributed by atoms with E-state index in [1.807, 2.05) is 77.2 Å². The molecule has 1 atom stereocenters. The van der Waals surface area contributed by atoms with Gasteiger partial charge in [0.25, 0.3) is 5.56 Å². The number of nitrogens with zero attached hydrogens (tertiary/aromatic N) is 3. The number of nitrogens with one attached hydrogen (secondary N) is 1. The third-order valence-electron chi connectivity index (χ3n) is 6.45. The van der Waals surface area contributed by atoms with Crippen molar-refractivity contribution in [1.82, 2.24) is 14.0 Å². The SMILES string of the molecule is Cn1c(=O)c2c(n3c4ccccc4nc13)NC(=O)C[C@H]2c1ccc(OCc2ccc(Cl)cc2)cc1. The van der Waals surface area contributed by atoms with Gasteiger partial charge in [-0.1, -0.05) is 48.0 Å². The number of aromatic nitrogens is 3. The predicted octanol–water partition coefficient (Wildman–Crippen LogP) is 4.89. The summed E-state index contributed by atoms with van der Waals surface area (Å²) < 4.78 is 9.31. The summed E-state index contributed by atoms with van der Waals surface area (Å²) in [6.07, 6.45) is 0.186. The first-order valence-electron chi connectivity index (χ1n) is 11.3. The van der Waals surface area contributed by atoms with Crippen molar-refractivity contribution in [3.63, 3.8) is 0 Å². The Morgan fingerprint density at radius 1 is 1.03 bits per heavy atom. The molecule has 1 N–H and O–H groups in total. The predicted molar refractivity (Wildman–Crippen MR) is 135 cm³/mol. The van der Waals surface area contributed by atoms with Crippen LogP contribution in [0.1, 0.15) is 29.0 Å². The minimum absolute atomic E-state index is 0.141. The second-order valence-corrected chi connectivity index (χ2v) is 9.09. The van der Waals surface area contributed by atoms with Crippen LogP contribution in [0.3, 0.4) is 0 Å². The molecular formula is C27H21ClN4O3. The second kappa shape index (κ2) is 8.29. The summed E-state index contributed by atoms with van der Waals surface area (Å²) in [7, 11) is 1.71. The second-order valence-electron chi connectivity index (χ2n) is 8.65. The highest BCUT2D eigenvalue weighted by atomic mass is 35.5. The number of halogens is 1. The number of amides is 1.